The minimum atomic E-state index is -1.85. The summed E-state index contributed by atoms with van der Waals surface area (Å²) in [5.74, 6) is 0. The van der Waals surface area contributed by atoms with Gasteiger partial charge in [-0.3, -0.25) is 0 Å². The predicted octanol–water partition coefficient (Wildman–Crippen LogP) is 3.50. The highest BCUT2D eigenvalue weighted by Gasteiger charge is 2.17. The van der Waals surface area contributed by atoms with Crippen LogP contribution in [-0.4, -0.2) is 6.69 Å². The van der Waals surface area contributed by atoms with Crippen LogP contribution in [0.4, 0.5) is 0 Å². The SMILES string of the molecule is CC(C)=CC[Si](C)(Cl)Cl. The molecule has 54 valence electrons. The molecule has 0 atom stereocenters. The van der Waals surface area contributed by atoms with E-state index in [1.807, 2.05) is 20.4 Å². The molecule has 0 unspecified atom stereocenters. The van der Waals surface area contributed by atoms with Crippen LogP contribution in [0.15, 0.2) is 11.6 Å². The highest BCUT2D eigenvalue weighted by atomic mass is 35.7. The molecule has 0 bridgehead atoms. The van der Waals surface area contributed by atoms with Crippen LogP contribution in [0.2, 0.25) is 12.6 Å². The average molecular weight is 183 g/mol. The van der Waals surface area contributed by atoms with Gasteiger partial charge in [0.05, 0.1) is 0 Å². The molecule has 0 radical (unpaired) electrons. The molecule has 0 spiro atoms. The summed E-state index contributed by atoms with van der Waals surface area (Å²) < 4.78 is 0. The predicted molar refractivity (Wildman–Crippen MR) is 47.6 cm³/mol. The van der Waals surface area contributed by atoms with Crippen molar-refractivity contribution in [2.75, 3.05) is 0 Å². The van der Waals surface area contributed by atoms with Gasteiger partial charge in [-0.15, -0.1) is 22.2 Å². The van der Waals surface area contributed by atoms with E-state index in [0.717, 1.165) is 6.04 Å². The molecule has 0 nitrogen and oxygen atoms in total. The van der Waals surface area contributed by atoms with E-state index < -0.39 is 6.69 Å². The third kappa shape index (κ3) is 8.54. The summed E-state index contributed by atoms with van der Waals surface area (Å²) in [6, 6.07) is 0.860. The fraction of sp³-hybridized carbons (Fsp3) is 0.667. The van der Waals surface area contributed by atoms with Gasteiger partial charge in [-0.2, -0.15) is 0 Å². The maximum absolute atomic E-state index is 5.84. The molecule has 0 aromatic heterocycles. The normalized spacial score (nSPS) is 11.2. The summed E-state index contributed by atoms with van der Waals surface area (Å²) in [5, 5.41) is 0. The molecule has 0 aliphatic rings. The van der Waals surface area contributed by atoms with Crippen molar-refractivity contribution in [3.63, 3.8) is 0 Å². The Morgan fingerprint density at radius 3 is 2.00 bits per heavy atom. The van der Waals surface area contributed by atoms with Crippen LogP contribution in [0.5, 0.6) is 0 Å². The van der Waals surface area contributed by atoms with Crippen molar-refractivity contribution >= 4 is 28.9 Å². The molecule has 0 fully saturated rings. The lowest BCUT2D eigenvalue weighted by molar-refractivity contribution is 1.35. The first kappa shape index (κ1) is 9.54. The second-order valence-electron chi connectivity index (χ2n) is 2.56. The molecule has 0 rings (SSSR count). The number of hydrogen-bond acceptors (Lipinski definition) is 0. The molecule has 0 heterocycles. The largest absolute Gasteiger partial charge is 0.252 e. The zero-order chi connectivity index (χ0) is 7.49. The van der Waals surface area contributed by atoms with Gasteiger partial charge in [0.2, 0.25) is 0 Å². The molecular formula is C6H12Cl2Si. The van der Waals surface area contributed by atoms with Crippen LogP contribution >= 0.6 is 22.2 Å². The molecule has 0 aromatic carbocycles. The summed E-state index contributed by atoms with van der Waals surface area (Å²) >= 11 is 11.7. The first-order valence-corrected chi connectivity index (χ1v) is 7.66. The van der Waals surface area contributed by atoms with Crippen molar-refractivity contribution in [2.45, 2.75) is 26.4 Å². The highest BCUT2D eigenvalue weighted by Crippen LogP contribution is 2.20. The van der Waals surface area contributed by atoms with Crippen molar-refractivity contribution in [1.82, 2.24) is 0 Å². The maximum atomic E-state index is 5.84. The monoisotopic (exact) mass is 182 g/mol. The highest BCUT2D eigenvalue weighted by molar-refractivity contribution is 7.45. The van der Waals surface area contributed by atoms with E-state index in [-0.39, 0.29) is 0 Å². The standard InChI is InChI=1S/C6H12Cl2Si/c1-6(2)4-5-9(3,7)8/h4H,5H2,1-3H3. The summed E-state index contributed by atoms with van der Waals surface area (Å²) in [7, 11) is 0. The molecule has 0 aromatic rings. The first-order chi connectivity index (χ1) is 3.92. The summed E-state index contributed by atoms with van der Waals surface area (Å²) in [5.41, 5.74) is 1.29. The van der Waals surface area contributed by atoms with Crippen LogP contribution in [0.3, 0.4) is 0 Å². The van der Waals surface area contributed by atoms with E-state index in [1.165, 1.54) is 5.57 Å². The lowest BCUT2D eigenvalue weighted by atomic mass is 10.3. The quantitative estimate of drug-likeness (QED) is 0.349. The van der Waals surface area contributed by atoms with E-state index >= 15 is 0 Å². The van der Waals surface area contributed by atoms with Gasteiger partial charge < -0.3 is 0 Å². The minimum absolute atomic E-state index is 0.860. The molecule has 0 amide bonds. The molecular weight excluding hydrogens is 171 g/mol. The van der Waals surface area contributed by atoms with E-state index in [1.54, 1.807) is 0 Å². The molecule has 0 N–H and O–H groups in total. The number of hydrogen-bond donors (Lipinski definition) is 0. The second-order valence-corrected chi connectivity index (χ2v) is 10.7. The number of rotatable bonds is 2. The van der Waals surface area contributed by atoms with Gasteiger partial charge in [-0.25, -0.2) is 0 Å². The summed E-state index contributed by atoms with van der Waals surface area (Å²) in [6.07, 6.45) is 2.09. The van der Waals surface area contributed by atoms with Gasteiger partial charge in [-0.05, 0) is 26.4 Å². The van der Waals surface area contributed by atoms with Gasteiger partial charge in [0, 0.05) is 0 Å². The Bertz CT molecular complexity index is 109. The van der Waals surface area contributed by atoms with Crippen molar-refractivity contribution in [3.05, 3.63) is 11.6 Å². The smallest absolute Gasteiger partial charge is 0.146 e. The van der Waals surface area contributed by atoms with Gasteiger partial charge in [-0.1, -0.05) is 11.6 Å². The van der Waals surface area contributed by atoms with Crippen LogP contribution in [0.25, 0.3) is 0 Å². The van der Waals surface area contributed by atoms with E-state index in [2.05, 4.69) is 6.08 Å². The zero-order valence-corrected chi connectivity index (χ0v) is 8.55. The Balaban J connectivity index is 3.64. The Kier molecular flexibility index (Phi) is 3.86. The Morgan fingerprint density at radius 2 is 1.89 bits per heavy atom. The fourth-order valence-electron chi connectivity index (χ4n) is 0.383. The van der Waals surface area contributed by atoms with Gasteiger partial charge in [0.15, 0.2) is 0 Å². The zero-order valence-electron chi connectivity index (χ0n) is 6.04. The van der Waals surface area contributed by atoms with Gasteiger partial charge in [0.25, 0.3) is 6.69 Å². The maximum Gasteiger partial charge on any atom is 0.252 e. The third-order valence-electron chi connectivity index (χ3n) is 0.869. The Hall–Kier alpha value is 0.537. The Labute approximate surface area is 67.3 Å². The van der Waals surface area contributed by atoms with Crippen LogP contribution in [-0.2, 0) is 0 Å². The van der Waals surface area contributed by atoms with Crippen LogP contribution in [0, 0.1) is 0 Å². The van der Waals surface area contributed by atoms with Crippen molar-refractivity contribution in [3.8, 4) is 0 Å². The van der Waals surface area contributed by atoms with Crippen molar-refractivity contribution in [2.24, 2.45) is 0 Å². The molecule has 3 heteroatoms. The second kappa shape index (κ2) is 3.64. The molecule has 0 saturated carbocycles. The third-order valence-corrected chi connectivity index (χ3v) is 2.72. The van der Waals surface area contributed by atoms with Crippen molar-refractivity contribution < 1.29 is 0 Å². The Morgan fingerprint density at radius 1 is 1.44 bits per heavy atom. The van der Waals surface area contributed by atoms with Crippen molar-refractivity contribution in [1.29, 1.82) is 0 Å². The van der Waals surface area contributed by atoms with Crippen LogP contribution < -0.4 is 0 Å². The van der Waals surface area contributed by atoms with E-state index in [0.29, 0.717) is 0 Å². The fourth-order valence-corrected chi connectivity index (χ4v) is 1.61. The average Bonchev–Trinajstić information content (AvgIpc) is 1.59. The topological polar surface area (TPSA) is 0 Å². The van der Waals surface area contributed by atoms with E-state index in [4.69, 9.17) is 22.2 Å². The molecule has 9 heavy (non-hydrogen) atoms. The van der Waals surface area contributed by atoms with Gasteiger partial charge >= 0.3 is 0 Å². The summed E-state index contributed by atoms with van der Waals surface area (Å²) in [4.78, 5) is 0. The van der Waals surface area contributed by atoms with Crippen LogP contribution in [0.1, 0.15) is 13.8 Å². The molecule has 0 saturated heterocycles. The van der Waals surface area contributed by atoms with E-state index in [9.17, 15) is 0 Å². The molecule has 0 aliphatic heterocycles. The molecule has 0 aliphatic carbocycles. The number of allylic oxidation sites excluding steroid dienone is 2. The lowest BCUT2D eigenvalue weighted by Crippen LogP contribution is -2.09. The number of halogens is 2. The minimum Gasteiger partial charge on any atom is -0.146 e. The summed E-state index contributed by atoms with van der Waals surface area (Å²) in [6.45, 7) is 4.17. The first-order valence-electron chi connectivity index (χ1n) is 2.93. The van der Waals surface area contributed by atoms with Gasteiger partial charge in [0.1, 0.15) is 0 Å². The lowest BCUT2D eigenvalue weighted by Gasteiger charge is -2.04.